The molecule has 0 radical (unpaired) electrons. The maximum atomic E-state index is 5.02. The summed E-state index contributed by atoms with van der Waals surface area (Å²) in [6.07, 6.45) is 2.54. The van der Waals surface area contributed by atoms with Crippen molar-refractivity contribution in [3.63, 3.8) is 0 Å². The standard InChI is InChI=1S/C19H30N6OS/c1-4-20-19(22-13-18-23-15(3)26-24-18)21-12-16(17-6-5-11-27-17)25-9-7-14(2)8-10-25/h5-6,11,14,16H,4,7-10,12-13H2,1-3H3,(H2,20,21,22). The van der Waals surface area contributed by atoms with Gasteiger partial charge in [0.1, 0.15) is 6.54 Å². The average Bonchev–Trinajstić information content (AvgIpc) is 3.33. The lowest BCUT2D eigenvalue weighted by molar-refractivity contribution is 0.140. The van der Waals surface area contributed by atoms with Crippen molar-refractivity contribution in [2.75, 3.05) is 26.2 Å². The van der Waals surface area contributed by atoms with Crippen molar-refractivity contribution in [3.8, 4) is 0 Å². The number of hydrogen-bond acceptors (Lipinski definition) is 6. The molecule has 1 unspecified atom stereocenters. The molecule has 27 heavy (non-hydrogen) atoms. The summed E-state index contributed by atoms with van der Waals surface area (Å²) >= 11 is 1.83. The van der Waals surface area contributed by atoms with Gasteiger partial charge in [-0.15, -0.1) is 11.3 Å². The fourth-order valence-corrected chi connectivity index (χ4v) is 4.18. The van der Waals surface area contributed by atoms with Crippen LogP contribution in [0.15, 0.2) is 27.0 Å². The summed E-state index contributed by atoms with van der Waals surface area (Å²) in [7, 11) is 0. The fraction of sp³-hybridized carbons (Fsp3) is 0.632. The van der Waals surface area contributed by atoms with Gasteiger partial charge in [-0.25, -0.2) is 4.99 Å². The van der Waals surface area contributed by atoms with Gasteiger partial charge in [0.25, 0.3) is 0 Å². The summed E-state index contributed by atoms with van der Waals surface area (Å²) in [5.74, 6) is 2.78. The van der Waals surface area contributed by atoms with Crippen molar-refractivity contribution in [2.24, 2.45) is 10.9 Å². The minimum Gasteiger partial charge on any atom is -0.357 e. The molecule has 2 aromatic heterocycles. The van der Waals surface area contributed by atoms with E-state index in [1.807, 2.05) is 11.3 Å². The molecule has 3 rings (SSSR count). The molecule has 0 bridgehead atoms. The molecule has 0 saturated carbocycles. The molecule has 0 spiro atoms. The molecule has 0 aromatic carbocycles. The molecule has 3 heterocycles. The number of piperidine rings is 1. The van der Waals surface area contributed by atoms with E-state index in [0.29, 0.717) is 24.3 Å². The first-order valence-corrected chi connectivity index (χ1v) is 10.6. The summed E-state index contributed by atoms with van der Waals surface area (Å²) in [5.41, 5.74) is 0. The molecule has 2 aromatic rings. The molecule has 1 aliphatic rings. The van der Waals surface area contributed by atoms with Crippen molar-refractivity contribution in [2.45, 2.75) is 46.2 Å². The van der Waals surface area contributed by atoms with Crippen molar-refractivity contribution < 1.29 is 4.52 Å². The summed E-state index contributed by atoms with van der Waals surface area (Å²) in [4.78, 5) is 12.8. The summed E-state index contributed by atoms with van der Waals surface area (Å²) in [6, 6.07) is 4.74. The Morgan fingerprint density at radius 3 is 2.85 bits per heavy atom. The zero-order chi connectivity index (χ0) is 19.1. The second kappa shape index (κ2) is 9.85. The van der Waals surface area contributed by atoms with E-state index >= 15 is 0 Å². The van der Waals surface area contributed by atoms with E-state index in [1.165, 1.54) is 17.7 Å². The molecule has 1 aliphatic heterocycles. The maximum absolute atomic E-state index is 5.02. The van der Waals surface area contributed by atoms with Crippen LogP contribution in [0, 0.1) is 12.8 Å². The number of nitrogens with zero attached hydrogens (tertiary/aromatic N) is 4. The first-order chi connectivity index (χ1) is 13.2. The van der Waals surface area contributed by atoms with Gasteiger partial charge in [0.05, 0.1) is 6.04 Å². The predicted molar refractivity (Wildman–Crippen MR) is 109 cm³/mol. The Kier molecular flexibility index (Phi) is 7.23. The quantitative estimate of drug-likeness (QED) is 0.559. The molecule has 148 valence electrons. The average molecular weight is 391 g/mol. The Labute approximate surface area is 165 Å². The fourth-order valence-electron chi connectivity index (χ4n) is 3.32. The molecular formula is C19H30N6OS. The van der Waals surface area contributed by atoms with Crippen molar-refractivity contribution in [3.05, 3.63) is 34.1 Å². The number of nitrogens with one attached hydrogen (secondary N) is 2. The molecule has 1 fully saturated rings. The lowest BCUT2D eigenvalue weighted by Gasteiger charge is -2.36. The summed E-state index contributed by atoms with van der Waals surface area (Å²) in [5, 5.41) is 12.9. The summed E-state index contributed by atoms with van der Waals surface area (Å²) in [6.45, 7) is 10.5. The van der Waals surface area contributed by atoms with Gasteiger partial charge in [-0.05, 0) is 50.2 Å². The van der Waals surface area contributed by atoms with E-state index in [1.54, 1.807) is 6.92 Å². The Morgan fingerprint density at radius 2 is 2.22 bits per heavy atom. The van der Waals surface area contributed by atoms with Gasteiger partial charge < -0.3 is 15.2 Å². The summed E-state index contributed by atoms with van der Waals surface area (Å²) < 4.78 is 5.02. The van der Waals surface area contributed by atoms with Gasteiger partial charge in [0.15, 0.2) is 11.8 Å². The normalized spacial score (nSPS) is 17.8. The number of guanidine groups is 1. The molecule has 1 atom stereocenters. The number of aromatic nitrogens is 2. The maximum Gasteiger partial charge on any atom is 0.223 e. The van der Waals surface area contributed by atoms with Crippen LogP contribution in [0.25, 0.3) is 0 Å². The number of likely N-dealkylation sites (tertiary alicyclic amines) is 1. The number of hydrogen-bond donors (Lipinski definition) is 2. The monoisotopic (exact) mass is 390 g/mol. The van der Waals surface area contributed by atoms with Gasteiger partial charge in [0.2, 0.25) is 5.89 Å². The molecule has 8 heteroatoms. The highest BCUT2D eigenvalue weighted by atomic mass is 32.1. The molecule has 7 nitrogen and oxygen atoms in total. The van der Waals surface area contributed by atoms with Gasteiger partial charge in [-0.3, -0.25) is 4.90 Å². The van der Waals surface area contributed by atoms with E-state index in [0.717, 1.165) is 38.1 Å². The minimum atomic E-state index is 0.369. The van der Waals surface area contributed by atoms with E-state index < -0.39 is 0 Å². The minimum absolute atomic E-state index is 0.369. The Hall–Kier alpha value is -1.93. The third kappa shape index (κ3) is 5.77. The van der Waals surface area contributed by atoms with Crippen molar-refractivity contribution >= 4 is 17.3 Å². The first-order valence-electron chi connectivity index (χ1n) is 9.74. The first kappa shape index (κ1) is 19.8. The van der Waals surface area contributed by atoms with E-state index in [4.69, 9.17) is 4.52 Å². The number of rotatable bonds is 7. The van der Waals surface area contributed by atoms with Crippen LogP contribution < -0.4 is 10.6 Å². The molecule has 0 amide bonds. The van der Waals surface area contributed by atoms with E-state index in [2.05, 4.69) is 62.0 Å². The lowest BCUT2D eigenvalue weighted by atomic mass is 9.97. The Balaban J connectivity index is 1.64. The van der Waals surface area contributed by atoms with E-state index in [-0.39, 0.29) is 0 Å². The van der Waals surface area contributed by atoms with Crippen molar-refractivity contribution in [1.82, 2.24) is 25.7 Å². The second-order valence-electron chi connectivity index (χ2n) is 7.06. The predicted octanol–water partition coefficient (Wildman–Crippen LogP) is 2.97. The lowest BCUT2D eigenvalue weighted by Crippen LogP contribution is -2.45. The highest BCUT2D eigenvalue weighted by Gasteiger charge is 2.25. The van der Waals surface area contributed by atoms with Crippen LogP contribution in [0.3, 0.4) is 0 Å². The van der Waals surface area contributed by atoms with Crippen LogP contribution in [-0.4, -0.2) is 47.2 Å². The highest BCUT2D eigenvalue weighted by Crippen LogP contribution is 2.29. The van der Waals surface area contributed by atoms with E-state index in [9.17, 15) is 0 Å². The number of aryl methyl sites for hydroxylation is 1. The zero-order valence-electron chi connectivity index (χ0n) is 16.4. The molecule has 1 saturated heterocycles. The van der Waals surface area contributed by atoms with Crippen LogP contribution in [0.2, 0.25) is 0 Å². The third-order valence-corrected chi connectivity index (χ3v) is 5.86. The van der Waals surface area contributed by atoms with Crippen LogP contribution in [0.1, 0.15) is 49.3 Å². The van der Waals surface area contributed by atoms with Gasteiger partial charge in [-0.1, -0.05) is 18.1 Å². The third-order valence-electron chi connectivity index (χ3n) is 4.89. The topological polar surface area (TPSA) is 78.6 Å². The Morgan fingerprint density at radius 1 is 1.41 bits per heavy atom. The van der Waals surface area contributed by atoms with Crippen LogP contribution in [0.5, 0.6) is 0 Å². The number of thiophene rings is 1. The van der Waals surface area contributed by atoms with Crippen LogP contribution in [0.4, 0.5) is 0 Å². The van der Waals surface area contributed by atoms with Gasteiger partial charge in [0, 0.05) is 24.9 Å². The van der Waals surface area contributed by atoms with Gasteiger partial charge in [-0.2, -0.15) is 4.98 Å². The van der Waals surface area contributed by atoms with Gasteiger partial charge >= 0.3 is 0 Å². The SMILES string of the molecule is CCNC(=NCc1noc(C)n1)NCC(c1cccs1)N1CCC(C)CC1. The Bertz CT molecular complexity index is 706. The highest BCUT2D eigenvalue weighted by molar-refractivity contribution is 7.10. The molecule has 2 N–H and O–H groups in total. The largest absolute Gasteiger partial charge is 0.357 e. The molecular weight excluding hydrogens is 360 g/mol. The van der Waals surface area contributed by atoms with Crippen LogP contribution in [-0.2, 0) is 6.54 Å². The van der Waals surface area contributed by atoms with Crippen molar-refractivity contribution in [1.29, 1.82) is 0 Å². The number of aliphatic imine (C=N–C) groups is 1. The smallest absolute Gasteiger partial charge is 0.223 e. The second-order valence-corrected chi connectivity index (χ2v) is 8.03. The zero-order valence-corrected chi connectivity index (χ0v) is 17.3. The molecule has 0 aliphatic carbocycles. The van der Waals surface area contributed by atoms with Crippen LogP contribution >= 0.6 is 11.3 Å².